The van der Waals surface area contributed by atoms with E-state index in [-0.39, 0.29) is 22.9 Å². The van der Waals surface area contributed by atoms with Crippen LogP contribution in [-0.4, -0.2) is 21.5 Å². The van der Waals surface area contributed by atoms with Crippen molar-refractivity contribution in [1.82, 2.24) is 9.88 Å². The Morgan fingerprint density at radius 1 is 1.03 bits per heavy atom. The zero-order valence-electron chi connectivity index (χ0n) is 19.8. The predicted octanol–water partition coefficient (Wildman–Crippen LogP) is 6.05. The van der Waals surface area contributed by atoms with E-state index in [0.29, 0.717) is 39.0 Å². The van der Waals surface area contributed by atoms with E-state index in [1.54, 1.807) is 42.6 Å². The molecule has 1 saturated heterocycles. The van der Waals surface area contributed by atoms with Crippen molar-refractivity contribution in [3.05, 3.63) is 104 Å². The smallest absolute Gasteiger partial charge is 0.344 e. The molecule has 0 radical (unpaired) electrons. The Hall–Kier alpha value is -3.94. The molecule has 1 aliphatic rings. The number of hydrogen-bond donors (Lipinski definition) is 1. The lowest BCUT2D eigenvalue weighted by atomic mass is 9.95. The summed E-state index contributed by atoms with van der Waals surface area (Å²) in [6, 6.07) is 15.3. The second-order valence-electron chi connectivity index (χ2n) is 9.32. The summed E-state index contributed by atoms with van der Waals surface area (Å²) in [5, 5.41) is 12.6. The molecule has 0 aliphatic carbocycles. The van der Waals surface area contributed by atoms with Crippen LogP contribution in [0.4, 0.5) is 0 Å². The SMILES string of the molecule is O=c1cc(-c2cc3cc(Cl)ccc3oc2=O)c2ccc(O)c(CN3CCCC[C@H]3c3cccnc3)c2o1. The van der Waals surface area contributed by atoms with E-state index < -0.39 is 11.3 Å². The first-order valence-electron chi connectivity index (χ1n) is 12.1. The lowest BCUT2D eigenvalue weighted by molar-refractivity contribution is 0.139. The highest BCUT2D eigenvalue weighted by Gasteiger charge is 2.27. The first kappa shape index (κ1) is 23.5. The Kier molecular flexibility index (Phi) is 6.02. The molecule has 7 nitrogen and oxygen atoms in total. The number of hydrogen-bond acceptors (Lipinski definition) is 7. The number of likely N-dealkylation sites (tertiary alicyclic amines) is 1. The highest BCUT2D eigenvalue weighted by atomic mass is 35.5. The average molecular weight is 515 g/mol. The standard InChI is InChI=1S/C29H23ClN2O5/c30-19-6-9-26-18(12-19)13-22(29(35)36-26)21-14-27(34)37-28-20(21)7-8-25(33)23(28)16-32-11-2-1-5-24(32)17-4-3-10-31-15-17/h3-4,6-10,12-15,24,33H,1-2,5,11,16H2/t24-/m0/s1. The van der Waals surface area contributed by atoms with Crippen LogP contribution >= 0.6 is 11.6 Å². The van der Waals surface area contributed by atoms with Crippen LogP contribution in [0.1, 0.15) is 36.4 Å². The number of rotatable bonds is 4. The van der Waals surface area contributed by atoms with Gasteiger partial charge in [-0.3, -0.25) is 9.88 Å². The first-order chi connectivity index (χ1) is 18.0. The summed E-state index contributed by atoms with van der Waals surface area (Å²) in [6.45, 7) is 1.20. The first-order valence-corrected chi connectivity index (χ1v) is 12.5. The number of nitrogens with zero attached hydrogens (tertiary/aromatic N) is 2. The van der Waals surface area contributed by atoms with Gasteiger partial charge in [0.2, 0.25) is 0 Å². The number of phenolic OH excluding ortho intramolecular Hbond substituents is 1. The molecule has 1 atom stereocenters. The molecule has 0 bridgehead atoms. The van der Waals surface area contributed by atoms with Gasteiger partial charge in [0.25, 0.3) is 0 Å². The Morgan fingerprint density at radius 3 is 2.76 bits per heavy atom. The van der Waals surface area contributed by atoms with Gasteiger partial charge in [0, 0.05) is 52.4 Å². The molecular weight excluding hydrogens is 492 g/mol. The van der Waals surface area contributed by atoms with Crippen molar-refractivity contribution in [3.8, 4) is 16.9 Å². The number of pyridine rings is 1. The molecule has 6 rings (SSSR count). The largest absolute Gasteiger partial charge is 0.507 e. The van der Waals surface area contributed by atoms with E-state index in [2.05, 4.69) is 16.0 Å². The molecule has 8 heteroatoms. The molecule has 1 aliphatic heterocycles. The van der Waals surface area contributed by atoms with Crippen LogP contribution in [0, 0.1) is 0 Å². The van der Waals surface area contributed by atoms with Crippen molar-refractivity contribution in [2.24, 2.45) is 0 Å². The number of fused-ring (bicyclic) bond motifs is 2. The van der Waals surface area contributed by atoms with Crippen LogP contribution in [-0.2, 0) is 6.54 Å². The zero-order chi connectivity index (χ0) is 25.5. The molecule has 1 N–H and O–H groups in total. The fraction of sp³-hybridized carbons (Fsp3) is 0.207. The molecular formula is C29H23ClN2O5. The summed E-state index contributed by atoms with van der Waals surface area (Å²) in [5.41, 5.74) is 1.66. The van der Waals surface area contributed by atoms with E-state index in [4.69, 9.17) is 20.4 Å². The van der Waals surface area contributed by atoms with E-state index in [9.17, 15) is 14.7 Å². The molecule has 4 heterocycles. The molecule has 37 heavy (non-hydrogen) atoms. The molecule has 1 fully saturated rings. The van der Waals surface area contributed by atoms with Crippen LogP contribution in [0.5, 0.6) is 5.75 Å². The number of piperidine rings is 1. The number of halogens is 1. The van der Waals surface area contributed by atoms with Gasteiger partial charge < -0.3 is 13.9 Å². The topological polar surface area (TPSA) is 96.8 Å². The molecule has 2 aromatic carbocycles. The van der Waals surface area contributed by atoms with Crippen LogP contribution in [0.15, 0.2) is 85.4 Å². The predicted molar refractivity (Wildman–Crippen MR) is 142 cm³/mol. The van der Waals surface area contributed by atoms with Gasteiger partial charge in [-0.15, -0.1) is 0 Å². The number of aromatic nitrogens is 1. The highest BCUT2D eigenvalue weighted by Crippen LogP contribution is 2.37. The van der Waals surface area contributed by atoms with E-state index in [0.717, 1.165) is 31.4 Å². The Balaban J connectivity index is 1.49. The van der Waals surface area contributed by atoms with Gasteiger partial charge in [-0.25, -0.2) is 9.59 Å². The summed E-state index contributed by atoms with van der Waals surface area (Å²) in [4.78, 5) is 32.2. The minimum atomic E-state index is -0.623. The Bertz CT molecular complexity index is 1750. The highest BCUT2D eigenvalue weighted by molar-refractivity contribution is 6.31. The van der Waals surface area contributed by atoms with Crippen LogP contribution in [0.2, 0.25) is 5.02 Å². The average Bonchev–Trinajstić information content (AvgIpc) is 2.90. The quantitative estimate of drug-likeness (QED) is 0.292. The maximum absolute atomic E-state index is 12.9. The summed E-state index contributed by atoms with van der Waals surface area (Å²) in [6.07, 6.45) is 6.71. The van der Waals surface area contributed by atoms with Gasteiger partial charge in [-0.2, -0.15) is 0 Å². The minimum absolute atomic E-state index is 0.0284. The Labute approximate surface area is 216 Å². The van der Waals surface area contributed by atoms with Crippen molar-refractivity contribution >= 4 is 33.5 Å². The maximum Gasteiger partial charge on any atom is 0.344 e. The second kappa shape index (κ2) is 9.50. The minimum Gasteiger partial charge on any atom is -0.507 e. The zero-order valence-corrected chi connectivity index (χ0v) is 20.6. The van der Waals surface area contributed by atoms with Gasteiger partial charge in [0.05, 0.1) is 11.1 Å². The number of aromatic hydroxyl groups is 1. The summed E-state index contributed by atoms with van der Waals surface area (Å²) >= 11 is 6.14. The maximum atomic E-state index is 12.9. The van der Waals surface area contributed by atoms with Crippen molar-refractivity contribution in [2.75, 3.05) is 6.54 Å². The molecule has 0 spiro atoms. The van der Waals surface area contributed by atoms with Crippen molar-refractivity contribution in [2.45, 2.75) is 31.8 Å². The molecule has 0 unspecified atom stereocenters. The molecule has 3 aromatic heterocycles. The molecule has 5 aromatic rings. The lowest BCUT2D eigenvalue weighted by Gasteiger charge is -2.36. The fourth-order valence-corrected chi connectivity index (χ4v) is 5.44. The van der Waals surface area contributed by atoms with Gasteiger partial charge >= 0.3 is 11.3 Å². The van der Waals surface area contributed by atoms with Gasteiger partial charge in [-0.05, 0) is 67.4 Å². The third kappa shape index (κ3) is 4.41. The van der Waals surface area contributed by atoms with E-state index in [1.165, 1.54) is 6.07 Å². The molecule has 0 amide bonds. The van der Waals surface area contributed by atoms with Gasteiger partial charge in [0.1, 0.15) is 16.9 Å². The van der Waals surface area contributed by atoms with E-state index in [1.807, 2.05) is 12.3 Å². The van der Waals surface area contributed by atoms with Crippen molar-refractivity contribution < 1.29 is 13.9 Å². The fourth-order valence-electron chi connectivity index (χ4n) is 5.26. The Morgan fingerprint density at radius 2 is 1.92 bits per heavy atom. The monoisotopic (exact) mass is 514 g/mol. The van der Waals surface area contributed by atoms with Crippen LogP contribution in [0.3, 0.4) is 0 Å². The van der Waals surface area contributed by atoms with Gasteiger partial charge in [0.15, 0.2) is 0 Å². The lowest BCUT2D eigenvalue weighted by Crippen LogP contribution is -2.33. The third-order valence-electron chi connectivity index (χ3n) is 7.02. The summed E-state index contributed by atoms with van der Waals surface area (Å²) in [5.74, 6) is 0.0284. The van der Waals surface area contributed by atoms with Gasteiger partial charge in [-0.1, -0.05) is 24.1 Å². The normalized spacial score (nSPS) is 16.4. The van der Waals surface area contributed by atoms with Crippen LogP contribution < -0.4 is 11.3 Å². The number of phenols is 1. The number of benzene rings is 2. The molecule has 0 saturated carbocycles. The van der Waals surface area contributed by atoms with Crippen LogP contribution in [0.25, 0.3) is 33.1 Å². The summed E-state index contributed by atoms with van der Waals surface area (Å²) in [7, 11) is 0. The second-order valence-corrected chi connectivity index (χ2v) is 9.75. The summed E-state index contributed by atoms with van der Waals surface area (Å²) < 4.78 is 11.2. The van der Waals surface area contributed by atoms with E-state index >= 15 is 0 Å². The third-order valence-corrected chi connectivity index (χ3v) is 7.25. The molecule has 186 valence electrons. The van der Waals surface area contributed by atoms with Crippen molar-refractivity contribution in [1.29, 1.82) is 0 Å². The van der Waals surface area contributed by atoms with Crippen molar-refractivity contribution in [3.63, 3.8) is 0 Å².